The van der Waals surface area contributed by atoms with Crippen molar-refractivity contribution in [1.29, 1.82) is 0 Å². The minimum atomic E-state index is -4.07. The lowest BCUT2D eigenvalue weighted by molar-refractivity contribution is 0.588. The number of hydrogen-bond donors (Lipinski definition) is 0. The van der Waals surface area contributed by atoms with Crippen molar-refractivity contribution in [3.05, 3.63) is 90.3 Å². The Morgan fingerprint density at radius 1 is 1.00 bits per heavy atom. The zero-order valence-electron chi connectivity index (χ0n) is 21.8. The zero-order valence-corrected chi connectivity index (χ0v) is 24.2. The van der Waals surface area contributed by atoms with Gasteiger partial charge in [0.25, 0.3) is 10.0 Å². The molecule has 4 aromatic rings. The van der Waals surface area contributed by atoms with Gasteiger partial charge in [0.15, 0.2) is 20.4 Å². The van der Waals surface area contributed by atoms with Gasteiger partial charge in [-0.25, -0.2) is 25.8 Å². The van der Waals surface area contributed by atoms with E-state index in [2.05, 4.69) is 11.1 Å². The average Bonchev–Trinajstić information content (AvgIpc) is 3.59. The van der Waals surface area contributed by atoms with E-state index in [1.54, 1.807) is 66.7 Å². The van der Waals surface area contributed by atoms with E-state index < -0.39 is 31.0 Å². The molecule has 1 fully saturated rings. The summed E-state index contributed by atoms with van der Waals surface area (Å²) in [7, 11) is -7.46. The summed E-state index contributed by atoms with van der Waals surface area (Å²) in [5.74, 6) is 0.680. The Bertz CT molecular complexity index is 1740. The van der Waals surface area contributed by atoms with Crippen LogP contribution in [0.25, 0.3) is 16.6 Å². The van der Waals surface area contributed by atoms with Crippen LogP contribution in [0.1, 0.15) is 43.9 Å². The highest BCUT2D eigenvalue weighted by atomic mass is 32.2. The molecule has 2 heterocycles. The Balaban J connectivity index is 1.80. The monoisotopic (exact) mass is 582 g/mol. The smallest absolute Gasteiger partial charge is 0.269 e. The first-order chi connectivity index (χ1) is 18.6. The Morgan fingerprint density at radius 3 is 2.28 bits per heavy atom. The fourth-order valence-electron chi connectivity index (χ4n) is 5.04. The van der Waals surface area contributed by atoms with Crippen LogP contribution in [-0.2, 0) is 31.0 Å². The molecule has 2 aromatic carbocycles. The van der Waals surface area contributed by atoms with Crippen LogP contribution >= 0.6 is 0 Å². The van der Waals surface area contributed by atoms with E-state index >= 15 is 0 Å². The molecule has 0 bridgehead atoms. The number of sulfone groups is 1. The van der Waals surface area contributed by atoms with Crippen molar-refractivity contribution in [2.75, 3.05) is 12.0 Å². The van der Waals surface area contributed by atoms with E-state index in [0.29, 0.717) is 32.9 Å². The minimum Gasteiger partial charge on any atom is -0.611 e. The summed E-state index contributed by atoms with van der Waals surface area (Å²) in [6, 6.07) is 18.3. The number of aromatic nitrogens is 2. The van der Waals surface area contributed by atoms with Crippen LogP contribution in [0, 0.1) is 5.92 Å². The van der Waals surface area contributed by atoms with E-state index in [-0.39, 0.29) is 21.4 Å². The predicted octanol–water partition coefficient (Wildman–Crippen LogP) is 5.43. The van der Waals surface area contributed by atoms with Crippen molar-refractivity contribution in [2.24, 2.45) is 5.92 Å². The molecule has 5 rings (SSSR count). The van der Waals surface area contributed by atoms with Crippen LogP contribution in [0.3, 0.4) is 0 Å². The summed E-state index contributed by atoms with van der Waals surface area (Å²) in [6.07, 6.45) is 8.93. The lowest BCUT2D eigenvalue weighted by atomic mass is 9.96. The highest BCUT2D eigenvalue weighted by molar-refractivity contribution is 7.91. The number of rotatable bonds is 8. The van der Waals surface area contributed by atoms with Crippen LogP contribution < -0.4 is 0 Å². The van der Waals surface area contributed by atoms with Crippen LogP contribution in [0.15, 0.2) is 93.7 Å². The summed E-state index contributed by atoms with van der Waals surface area (Å²) < 4.78 is 66.3. The third kappa shape index (κ3) is 5.56. The molecule has 204 valence electrons. The molecule has 0 spiro atoms. The second kappa shape index (κ2) is 10.9. The highest BCUT2D eigenvalue weighted by Crippen LogP contribution is 2.37. The molecular formula is C29H30N2O5S3. The number of hydrogen-bond acceptors (Lipinski definition) is 6. The molecule has 10 heteroatoms. The first-order valence-corrected chi connectivity index (χ1v) is 17.5. The van der Waals surface area contributed by atoms with E-state index in [1.807, 2.05) is 6.92 Å². The second-order valence-corrected chi connectivity index (χ2v) is 15.3. The van der Waals surface area contributed by atoms with Crippen LogP contribution in [0.5, 0.6) is 0 Å². The average molecular weight is 583 g/mol. The normalized spacial score (nSPS) is 16.1. The molecule has 1 aliphatic carbocycles. The molecule has 2 aromatic heterocycles. The highest BCUT2D eigenvalue weighted by Gasteiger charge is 2.28. The molecule has 1 unspecified atom stereocenters. The van der Waals surface area contributed by atoms with Gasteiger partial charge in [-0.05, 0) is 72.8 Å². The molecule has 0 N–H and O–H groups in total. The van der Waals surface area contributed by atoms with Crippen molar-refractivity contribution >= 4 is 47.6 Å². The SMILES string of the molecule is CC[S+]([O-])c1cnc2c(c1)cc(/C(=C/C1CCCC1)c1ccc(S(C)(=O)=O)cc1)n2S(=O)(=O)c1ccccc1. The van der Waals surface area contributed by atoms with Gasteiger partial charge in [-0.3, -0.25) is 0 Å². The van der Waals surface area contributed by atoms with Crippen molar-refractivity contribution in [2.45, 2.75) is 47.3 Å². The van der Waals surface area contributed by atoms with Crippen LogP contribution in [-0.4, -0.2) is 42.4 Å². The number of pyridine rings is 1. The summed E-state index contributed by atoms with van der Waals surface area (Å²) in [6.45, 7) is 1.82. The number of benzene rings is 2. The first-order valence-electron chi connectivity index (χ1n) is 12.8. The Hall–Kier alpha value is -2.92. The van der Waals surface area contributed by atoms with Crippen LogP contribution in [0.4, 0.5) is 0 Å². The Kier molecular flexibility index (Phi) is 7.74. The first kappa shape index (κ1) is 27.6. The fourth-order valence-corrected chi connectivity index (χ4v) is 7.94. The molecular weight excluding hydrogens is 553 g/mol. The van der Waals surface area contributed by atoms with Gasteiger partial charge in [-0.2, -0.15) is 0 Å². The maximum atomic E-state index is 14.1. The maximum Gasteiger partial charge on any atom is 0.269 e. The van der Waals surface area contributed by atoms with Gasteiger partial charge >= 0.3 is 0 Å². The van der Waals surface area contributed by atoms with E-state index in [4.69, 9.17) is 0 Å². The van der Waals surface area contributed by atoms with Crippen molar-refractivity contribution < 1.29 is 21.4 Å². The van der Waals surface area contributed by atoms with Gasteiger partial charge in [-0.15, -0.1) is 0 Å². The summed E-state index contributed by atoms with van der Waals surface area (Å²) >= 11 is -1.26. The Morgan fingerprint density at radius 2 is 1.67 bits per heavy atom. The number of fused-ring (bicyclic) bond motifs is 1. The second-order valence-electron chi connectivity index (χ2n) is 9.75. The molecule has 1 aliphatic rings. The van der Waals surface area contributed by atoms with Gasteiger partial charge in [0.05, 0.1) is 21.7 Å². The molecule has 39 heavy (non-hydrogen) atoms. The molecule has 0 radical (unpaired) electrons. The van der Waals surface area contributed by atoms with Crippen molar-refractivity contribution in [1.82, 2.24) is 8.96 Å². The molecule has 1 atom stereocenters. The fraction of sp³-hybridized carbons (Fsp3) is 0.276. The van der Waals surface area contributed by atoms with E-state index in [1.165, 1.54) is 10.2 Å². The third-order valence-corrected chi connectivity index (χ3v) is 11.2. The molecule has 7 nitrogen and oxygen atoms in total. The summed E-state index contributed by atoms with van der Waals surface area (Å²) in [4.78, 5) is 5.35. The lowest BCUT2D eigenvalue weighted by Gasteiger charge is -2.16. The van der Waals surface area contributed by atoms with Gasteiger partial charge in [0, 0.05) is 23.3 Å². The minimum absolute atomic E-state index is 0.124. The third-order valence-electron chi connectivity index (χ3n) is 7.05. The summed E-state index contributed by atoms with van der Waals surface area (Å²) in [5, 5.41) is 0.564. The topological polar surface area (TPSA) is 109 Å². The standard InChI is InChI=1S/C29H30N2O5S3/c1-3-37(32)24-18-23-19-28(31(29(23)30-20-24)39(35,36)26-11-5-4-6-12-26)27(17-21-9-7-8-10-21)22-13-15-25(16-14-22)38(2,33)34/h4-6,11-21H,3,7-10H2,1-2H3/b27-17+. The van der Waals surface area contributed by atoms with Gasteiger partial charge in [0.1, 0.15) is 5.75 Å². The maximum absolute atomic E-state index is 14.1. The Labute approximate surface area is 232 Å². The van der Waals surface area contributed by atoms with Crippen molar-refractivity contribution in [3.63, 3.8) is 0 Å². The van der Waals surface area contributed by atoms with E-state index in [9.17, 15) is 21.4 Å². The largest absolute Gasteiger partial charge is 0.611 e. The lowest BCUT2D eigenvalue weighted by Crippen LogP contribution is -2.16. The number of nitrogens with zero attached hydrogens (tertiary/aromatic N) is 2. The van der Waals surface area contributed by atoms with Gasteiger partial charge < -0.3 is 4.55 Å². The quantitative estimate of drug-likeness (QED) is 0.257. The molecule has 0 saturated heterocycles. The van der Waals surface area contributed by atoms with Crippen molar-refractivity contribution in [3.8, 4) is 0 Å². The van der Waals surface area contributed by atoms with Crippen LogP contribution in [0.2, 0.25) is 0 Å². The molecule has 1 saturated carbocycles. The molecule has 0 aliphatic heterocycles. The van der Waals surface area contributed by atoms with E-state index in [0.717, 1.165) is 31.9 Å². The molecule has 0 amide bonds. The number of allylic oxidation sites excluding steroid dienone is 1. The summed E-state index contributed by atoms with van der Waals surface area (Å²) in [5.41, 5.74) is 2.08. The van der Waals surface area contributed by atoms with Gasteiger partial charge in [0.2, 0.25) is 0 Å². The van der Waals surface area contributed by atoms with Gasteiger partial charge in [-0.1, -0.05) is 49.2 Å². The predicted molar refractivity (Wildman–Crippen MR) is 154 cm³/mol. The zero-order chi connectivity index (χ0) is 27.8.